The fraction of sp³-hybridized carbons (Fsp3) is 0.500. The second kappa shape index (κ2) is 9.58. The maximum atomic E-state index is 13.2. The van der Waals surface area contributed by atoms with Gasteiger partial charge in [-0.25, -0.2) is 13.2 Å². The van der Waals surface area contributed by atoms with Crippen molar-refractivity contribution in [3.05, 3.63) is 52.3 Å². The van der Waals surface area contributed by atoms with Gasteiger partial charge in [0.1, 0.15) is 5.69 Å². The number of ether oxygens (including phenoxy) is 1. The summed E-state index contributed by atoms with van der Waals surface area (Å²) in [5.74, 6) is -0.875. The molecule has 0 N–H and O–H groups in total. The zero-order valence-corrected chi connectivity index (χ0v) is 21.1. The lowest BCUT2D eigenvalue weighted by Crippen LogP contribution is -2.36. The molecule has 7 nitrogen and oxygen atoms in total. The number of hydrogen-bond donors (Lipinski definition) is 0. The number of rotatable bonds is 8. The monoisotopic (exact) mass is 462 g/mol. The Kier molecular flexibility index (Phi) is 7.73. The predicted molar refractivity (Wildman–Crippen MR) is 125 cm³/mol. The first-order valence-electron chi connectivity index (χ1n) is 10.7. The Balaban J connectivity index is 2.41. The molecule has 0 aliphatic carbocycles. The van der Waals surface area contributed by atoms with Crippen molar-refractivity contribution in [2.45, 2.75) is 65.3 Å². The van der Waals surface area contributed by atoms with Gasteiger partial charge in [0.2, 0.25) is 10.0 Å². The largest absolute Gasteiger partial charge is 0.464 e. The lowest BCUT2D eigenvalue weighted by Gasteiger charge is -2.22. The summed E-state index contributed by atoms with van der Waals surface area (Å²) in [5.41, 5.74) is 2.74. The zero-order chi connectivity index (χ0) is 24.4. The zero-order valence-electron chi connectivity index (χ0n) is 20.3. The van der Waals surface area contributed by atoms with Gasteiger partial charge >= 0.3 is 5.97 Å². The van der Waals surface area contributed by atoms with Crippen LogP contribution in [0.15, 0.2) is 29.2 Å². The van der Waals surface area contributed by atoms with Crippen LogP contribution in [0.2, 0.25) is 0 Å². The van der Waals surface area contributed by atoms with E-state index in [1.54, 1.807) is 49.6 Å². The highest BCUT2D eigenvalue weighted by atomic mass is 32.2. The fourth-order valence-corrected chi connectivity index (χ4v) is 5.35. The van der Waals surface area contributed by atoms with Crippen molar-refractivity contribution < 1.29 is 22.7 Å². The molecule has 8 heteroatoms. The minimum atomic E-state index is -3.86. The van der Waals surface area contributed by atoms with Crippen LogP contribution in [0.3, 0.4) is 0 Å². The Labute approximate surface area is 191 Å². The minimum absolute atomic E-state index is 0.0957. The molecule has 0 amide bonds. The van der Waals surface area contributed by atoms with E-state index in [0.717, 1.165) is 5.56 Å². The summed E-state index contributed by atoms with van der Waals surface area (Å²) < 4.78 is 34.2. The Morgan fingerprint density at radius 3 is 2.06 bits per heavy atom. The van der Waals surface area contributed by atoms with Crippen LogP contribution < -0.4 is 0 Å². The van der Waals surface area contributed by atoms with Crippen LogP contribution >= 0.6 is 0 Å². The molecule has 2 aromatic rings. The van der Waals surface area contributed by atoms with Gasteiger partial charge in [0.15, 0.2) is 5.78 Å². The molecular weight excluding hydrogens is 428 g/mol. The third-order valence-electron chi connectivity index (χ3n) is 5.77. The van der Waals surface area contributed by atoms with E-state index in [2.05, 4.69) is 20.8 Å². The van der Waals surface area contributed by atoms with E-state index in [-0.39, 0.29) is 29.2 Å². The number of sulfonamides is 1. The van der Waals surface area contributed by atoms with Crippen molar-refractivity contribution in [1.82, 2.24) is 8.87 Å². The summed E-state index contributed by atoms with van der Waals surface area (Å²) in [6.45, 7) is 13.5. The van der Waals surface area contributed by atoms with Gasteiger partial charge in [-0.3, -0.25) is 4.79 Å². The average molecular weight is 463 g/mol. The predicted octanol–water partition coefficient (Wildman–Crippen LogP) is 4.10. The molecule has 1 heterocycles. The number of benzene rings is 1. The van der Waals surface area contributed by atoms with Crippen LogP contribution in [-0.4, -0.2) is 49.2 Å². The van der Waals surface area contributed by atoms with Crippen molar-refractivity contribution in [2.75, 3.05) is 20.2 Å². The number of carbonyl (C=O) groups is 2. The molecule has 0 fully saturated rings. The maximum Gasteiger partial charge on any atom is 0.354 e. The van der Waals surface area contributed by atoms with Crippen molar-refractivity contribution in [1.29, 1.82) is 0 Å². The Bertz CT molecular complexity index is 1110. The van der Waals surface area contributed by atoms with Gasteiger partial charge in [0.25, 0.3) is 0 Å². The first-order valence-corrected chi connectivity index (χ1v) is 12.2. The summed E-state index contributed by atoms with van der Waals surface area (Å²) in [4.78, 5) is 25.7. The van der Waals surface area contributed by atoms with Gasteiger partial charge in [-0.05, 0) is 49.4 Å². The van der Waals surface area contributed by atoms with E-state index in [0.29, 0.717) is 29.1 Å². The van der Waals surface area contributed by atoms with E-state index in [4.69, 9.17) is 4.74 Å². The van der Waals surface area contributed by atoms with Crippen LogP contribution in [0, 0.1) is 13.8 Å². The molecule has 0 bridgehead atoms. The number of nitrogens with zero attached hydrogens (tertiary/aromatic N) is 2. The van der Waals surface area contributed by atoms with Crippen LogP contribution in [0.4, 0.5) is 0 Å². The van der Waals surface area contributed by atoms with Gasteiger partial charge in [-0.1, -0.05) is 39.8 Å². The number of carbonyl (C=O) groups excluding carboxylic acids is 2. The molecule has 0 radical (unpaired) electrons. The summed E-state index contributed by atoms with van der Waals surface area (Å²) in [6.07, 6.45) is 0. The summed E-state index contributed by atoms with van der Waals surface area (Å²) in [7, 11) is -2.56. The number of likely N-dealkylation sites (N-methyl/N-ethyl adjacent to an activating group) is 1. The van der Waals surface area contributed by atoms with E-state index in [9.17, 15) is 18.0 Å². The molecule has 0 atom stereocenters. The molecular formula is C24H34N2O5S. The maximum absolute atomic E-state index is 13.2. The number of hydrogen-bond acceptors (Lipinski definition) is 5. The Morgan fingerprint density at radius 2 is 1.62 bits per heavy atom. The molecule has 2 rings (SSSR count). The molecule has 0 aliphatic rings. The van der Waals surface area contributed by atoms with Gasteiger partial charge in [-0.2, -0.15) is 4.31 Å². The topological polar surface area (TPSA) is 85.7 Å². The van der Waals surface area contributed by atoms with E-state index >= 15 is 0 Å². The average Bonchev–Trinajstić information content (AvgIpc) is 2.99. The quantitative estimate of drug-likeness (QED) is 0.435. The molecule has 1 aromatic heterocycles. The normalized spacial score (nSPS) is 12.3. The highest BCUT2D eigenvalue weighted by Gasteiger charge is 2.30. The van der Waals surface area contributed by atoms with E-state index in [1.165, 1.54) is 11.4 Å². The second-order valence-electron chi connectivity index (χ2n) is 8.80. The number of Topliss-reactive ketones (excluding diaryl/α,β-unsaturated/α-hetero) is 1. The molecule has 176 valence electrons. The fourth-order valence-electron chi connectivity index (χ4n) is 3.94. The number of methoxy groups -OCH3 is 1. The first-order chi connectivity index (χ1) is 14.8. The van der Waals surface area contributed by atoms with Crippen molar-refractivity contribution in [3.63, 3.8) is 0 Å². The Morgan fingerprint density at radius 1 is 1.06 bits per heavy atom. The van der Waals surface area contributed by atoms with E-state index in [1.807, 2.05) is 6.92 Å². The number of esters is 1. The standard InChI is InChI=1S/C24H34N2O5S/c1-9-25(32(29,30)19-13-11-18(12-14-19)24(5,6)7)15-20(27)21-16(3)22(23(28)31-8)26(10-2)17(21)4/h11-14H,9-10,15H2,1-8H3. The molecule has 0 saturated carbocycles. The minimum Gasteiger partial charge on any atom is -0.464 e. The number of aromatic nitrogens is 1. The third-order valence-corrected chi connectivity index (χ3v) is 7.71. The molecule has 0 spiro atoms. The Hall–Kier alpha value is -2.45. The van der Waals surface area contributed by atoms with Crippen molar-refractivity contribution in [3.8, 4) is 0 Å². The second-order valence-corrected chi connectivity index (χ2v) is 10.7. The smallest absolute Gasteiger partial charge is 0.354 e. The third kappa shape index (κ3) is 4.81. The molecule has 32 heavy (non-hydrogen) atoms. The van der Waals surface area contributed by atoms with Crippen LogP contribution in [0.5, 0.6) is 0 Å². The molecule has 0 aliphatic heterocycles. The molecule has 0 unspecified atom stereocenters. The summed E-state index contributed by atoms with van der Waals surface area (Å²) in [5, 5.41) is 0. The van der Waals surface area contributed by atoms with Gasteiger partial charge in [-0.15, -0.1) is 0 Å². The summed E-state index contributed by atoms with van der Waals surface area (Å²) >= 11 is 0. The molecule has 1 aromatic carbocycles. The van der Waals surface area contributed by atoms with Crippen LogP contribution in [-0.2, 0) is 26.7 Å². The van der Waals surface area contributed by atoms with Crippen LogP contribution in [0.25, 0.3) is 0 Å². The van der Waals surface area contributed by atoms with Gasteiger partial charge in [0.05, 0.1) is 18.6 Å². The molecule has 0 saturated heterocycles. The van der Waals surface area contributed by atoms with Gasteiger partial charge in [0, 0.05) is 24.3 Å². The van der Waals surface area contributed by atoms with E-state index < -0.39 is 16.0 Å². The lowest BCUT2D eigenvalue weighted by atomic mass is 9.87. The highest BCUT2D eigenvalue weighted by Crippen LogP contribution is 2.27. The highest BCUT2D eigenvalue weighted by molar-refractivity contribution is 7.89. The number of ketones is 1. The van der Waals surface area contributed by atoms with Crippen LogP contribution in [0.1, 0.15) is 72.3 Å². The van der Waals surface area contributed by atoms with Crippen molar-refractivity contribution >= 4 is 21.8 Å². The first kappa shape index (κ1) is 25.8. The SMILES string of the molecule is CCN(CC(=O)c1c(C)c(C(=O)OC)n(CC)c1C)S(=O)(=O)c1ccc(C(C)(C)C)cc1. The van der Waals surface area contributed by atoms with Gasteiger partial charge < -0.3 is 9.30 Å². The lowest BCUT2D eigenvalue weighted by molar-refractivity contribution is 0.0587. The van der Waals surface area contributed by atoms with Crippen molar-refractivity contribution in [2.24, 2.45) is 0 Å². The summed E-state index contributed by atoms with van der Waals surface area (Å²) in [6, 6.07) is 6.78.